The summed E-state index contributed by atoms with van der Waals surface area (Å²) in [6.07, 6.45) is 0. The molecule has 3 aromatic rings. The number of thiophene rings is 1. The van der Waals surface area contributed by atoms with Crippen LogP contribution in [0.15, 0.2) is 53.9 Å². The molecule has 0 aliphatic heterocycles. The normalized spacial score (nSPS) is 10.5. The number of halogens is 1. The van der Waals surface area contributed by atoms with Gasteiger partial charge in [0.05, 0.1) is 4.88 Å². The van der Waals surface area contributed by atoms with E-state index in [1.165, 1.54) is 23.0 Å². The number of carbonyl (C=O) groups excluding carboxylic acids is 1. The van der Waals surface area contributed by atoms with E-state index in [4.69, 9.17) is 4.74 Å². The van der Waals surface area contributed by atoms with Crippen LogP contribution in [0, 0.1) is 19.7 Å². The highest BCUT2D eigenvalue weighted by Crippen LogP contribution is 2.20. The smallest absolute Gasteiger partial charge is 0.265 e. The molecule has 0 spiro atoms. The number of nitrogens with one attached hydrogen (secondary N) is 1. The van der Waals surface area contributed by atoms with Crippen molar-refractivity contribution in [3.8, 4) is 5.75 Å². The van der Waals surface area contributed by atoms with Crippen LogP contribution in [0.3, 0.4) is 0 Å². The van der Waals surface area contributed by atoms with Crippen molar-refractivity contribution in [1.29, 1.82) is 0 Å². The molecule has 0 fully saturated rings. The Morgan fingerprint density at radius 3 is 2.60 bits per heavy atom. The topological polar surface area (TPSA) is 38.3 Å². The van der Waals surface area contributed by atoms with Gasteiger partial charge >= 0.3 is 0 Å². The second-order valence-corrected chi connectivity index (χ2v) is 6.75. The minimum atomic E-state index is -0.337. The van der Waals surface area contributed by atoms with Crippen molar-refractivity contribution >= 4 is 22.9 Å². The molecule has 3 rings (SSSR count). The Labute approximate surface area is 150 Å². The molecule has 1 aromatic heterocycles. The second-order valence-electron chi connectivity index (χ2n) is 5.84. The lowest BCUT2D eigenvalue weighted by Gasteiger charge is -2.05. The van der Waals surface area contributed by atoms with Crippen LogP contribution < -0.4 is 10.1 Å². The maximum absolute atomic E-state index is 13.6. The summed E-state index contributed by atoms with van der Waals surface area (Å²) in [5.74, 6) is 0.198. The van der Waals surface area contributed by atoms with E-state index in [-0.39, 0.29) is 11.7 Å². The van der Waals surface area contributed by atoms with E-state index in [1.54, 1.807) is 25.1 Å². The van der Waals surface area contributed by atoms with Gasteiger partial charge in [-0.05, 0) is 55.1 Å². The van der Waals surface area contributed by atoms with Crippen molar-refractivity contribution in [1.82, 2.24) is 0 Å². The summed E-state index contributed by atoms with van der Waals surface area (Å²) in [5.41, 5.74) is 3.09. The molecule has 128 valence electrons. The van der Waals surface area contributed by atoms with Crippen molar-refractivity contribution in [3.63, 3.8) is 0 Å². The zero-order valence-electron chi connectivity index (χ0n) is 14.0. The van der Waals surface area contributed by atoms with Gasteiger partial charge in [0.1, 0.15) is 18.2 Å². The van der Waals surface area contributed by atoms with Gasteiger partial charge in [0.25, 0.3) is 5.91 Å². The van der Waals surface area contributed by atoms with Crippen LogP contribution >= 0.6 is 11.3 Å². The SMILES string of the molecule is Cc1ccc(OCc2csc(C(=O)Nc3ccc(C)c(F)c3)c2)cc1. The van der Waals surface area contributed by atoms with Gasteiger partial charge in [0, 0.05) is 11.3 Å². The summed E-state index contributed by atoms with van der Waals surface area (Å²) in [6.45, 7) is 4.10. The molecule has 0 bridgehead atoms. The first-order valence-corrected chi connectivity index (χ1v) is 8.73. The summed E-state index contributed by atoms with van der Waals surface area (Å²) < 4.78 is 19.3. The Balaban J connectivity index is 1.61. The standard InChI is InChI=1S/C20H18FNO2S/c1-13-3-7-17(8-4-13)24-11-15-9-19(25-12-15)20(23)22-16-6-5-14(2)18(21)10-16/h3-10,12H,11H2,1-2H3,(H,22,23). The molecule has 0 saturated heterocycles. The molecule has 25 heavy (non-hydrogen) atoms. The van der Waals surface area contributed by atoms with Crippen molar-refractivity contribution in [2.45, 2.75) is 20.5 Å². The van der Waals surface area contributed by atoms with Crippen molar-refractivity contribution < 1.29 is 13.9 Å². The van der Waals surface area contributed by atoms with Crippen LogP contribution in [0.25, 0.3) is 0 Å². The molecule has 0 atom stereocenters. The third-order valence-electron chi connectivity index (χ3n) is 3.73. The van der Waals surface area contributed by atoms with E-state index in [1.807, 2.05) is 36.6 Å². The Hall–Kier alpha value is -2.66. The quantitative estimate of drug-likeness (QED) is 0.671. The molecule has 0 radical (unpaired) electrons. The largest absolute Gasteiger partial charge is 0.489 e. The summed E-state index contributed by atoms with van der Waals surface area (Å²) in [5, 5.41) is 4.60. The summed E-state index contributed by atoms with van der Waals surface area (Å²) in [4.78, 5) is 12.8. The fourth-order valence-corrected chi connectivity index (χ4v) is 3.03. The zero-order valence-corrected chi connectivity index (χ0v) is 14.8. The molecular formula is C20H18FNO2S. The van der Waals surface area contributed by atoms with E-state index in [9.17, 15) is 9.18 Å². The number of hydrogen-bond donors (Lipinski definition) is 1. The molecule has 0 aliphatic carbocycles. The van der Waals surface area contributed by atoms with Gasteiger partial charge in [-0.15, -0.1) is 11.3 Å². The van der Waals surface area contributed by atoms with Crippen LogP contribution in [0.1, 0.15) is 26.4 Å². The summed E-state index contributed by atoms with van der Waals surface area (Å²) in [7, 11) is 0. The van der Waals surface area contributed by atoms with Crippen LogP contribution in [-0.4, -0.2) is 5.91 Å². The Morgan fingerprint density at radius 1 is 1.12 bits per heavy atom. The van der Waals surface area contributed by atoms with Crippen molar-refractivity contribution in [2.24, 2.45) is 0 Å². The first-order chi connectivity index (χ1) is 12.0. The van der Waals surface area contributed by atoms with Crippen LogP contribution in [0.4, 0.5) is 10.1 Å². The van der Waals surface area contributed by atoms with E-state index in [0.717, 1.165) is 11.3 Å². The van der Waals surface area contributed by atoms with Crippen molar-refractivity contribution in [2.75, 3.05) is 5.32 Å². The molecule has 1 N–H and O–H groups in total. The number of rotatable bonds is 5. The van der Waals surface area contributed by atoms with E-state index >= 15 is 0 Å². The van der Waals surface area contributed by atoms with E-state index in [0.29, 0.717) is 22.7 Å². The van der Waals surface area contributed by atoms with Crippen molar-refractivity contribution in [3.05, 3.63) is 81.3 Å². The first kappa shape index (κ1) is 17.2. The molecule has 0 unspecified atom stereocenters. The van der Waals surface area contributed by atoms with Gasteiger partial charge < -0.3 is 10.1 Å². The second kappa shape index (κ2) is 7.49. The number of benzene rings is 2. The minimum absolute atomic E-state index is 0.255. The predicted octanol–water partition coefficient (Wildman–Crippen LogP) is 5.34. The minimum Gasteiger partial charge on any atom is -0.489 e. The Bertz CT molecular complexity index is 887. The fraction of sp³-hybridized carbons (Fsp3) is 0.150. The third kappa shape index (κ3) is 4.45. The molecule has 5 heteroatoms. The Morgan fingerprint density at radius 2 is 1.88 bits per heavy atom. The predicted molar refractivity (Wildman–Crippen MR) is 98.9 cm³/mol. The van der Waals surface area contributed by atoms with Crippen LogP contribution in [-0.2, 0) is 6.61 Å². The lowest BCUT2D eigenvalue weighted by molar-refractivity contribution is 0.103. The highest BCUT2D eigenvalue weighted by molar-refractivity contribution is 7.12. The van der Waals surface area contributed by atoms with Gasteiger partial charge in [-0.1, -0.05) is 23.8 Å². The Kier molecular flexibility index (Phi) is 5.14. The number of carbonyl (C=O) groups is 1. The molecule has 3 nitrogen and oxygen atoms in total. The third-order valence-corrected chi connectivity index (χ3v) is 4.71. The highest BCUT2D eigenvalue weighted by atomic mass is 32.1. The highest BCUT2D eigenvalue weighted by Gasteiger charge is 2.11. The van der Waals surface area contributed by atoms with Gasteiger partial charge in [0.2, 0.25) is 0 Å². The van der Waals surface area contributed by atoms with E-state index < -0.39 is 0 Å². The fourth-order valence-electron chi connectivity index (χ4n) is 2.23. The lowest BCUT2D eigenvalue weighted by Crippen LogP contribution is -2.10. The van der Waals surface area contributed by atoms with Gasteiger partial charge in [-0.2, -0.15) is 0 Å². The number of amides is 1. The number of aryl methyl sites for hydroxylation is 2. The molecule has 0 aliphatic rings. The maximum atomic E-state index is 13.6. The molecule has 0 saturated carbocycles. The van der Waals surface area contributed by atoms with E-state index in [2.05, 4.69) is 5.32 Å². The average Bonchev–Trinajstić information content (AvgIpc) is 3.07. The zero-order chi connectivity index (χ0) is 17.8. The number of ether oxygens (including phenoxy) is 1. The number of anilines is 1. The molecule has 1 heterocycles. The summed E-state index contributed by atoms with van der Waals surface area (Å²) in [6, 6.07) is 14.3. The van der Waals surface area contributed by atoms with Crippen LogP contribution in [0.2, 0.25) is 0 Å². The van der Waals surface area contributed by atoms with Gasteiger partial charge in [-0.25, -0.2) is 4.39 Å². The number of hydrogen-bond acceptors (Lipinski definition) is 3. The molecule has 2 aromatic carbocycles. The van der Waals surface area contributed by atoms with Gasteiger partial charge in [-0.3, -0.25) is 4.79 Å². The maximum Gasteiger partial charge on any atom is 0.265 e. The average molecular weight is 355 g/mol. The lowest BCUT2D eigenvalue weighted by atomic mass is 10.2. The van der Waals surface area contributed by atoms with Gasteiger partial charge in [0.15, 0.2) is 0 Å². The monoisotopic (exact) mass is 355 g/mol. The first-order valence-electron chi connectivity index (χ1n) is 7.85. The van der Waals surface area contributed by atoms with Crippen LogP contribution in [0.5, 0.6) is 5.75 Å². The summed E-state index contributed by atoms with van der Waals surface area (Å²) >= 11 is 1.34. The molecular weight excluding hydrogens is 337 g/mol. The molecule has 1 amide bonds.